The summed E-state index contributed by atoms with van der Waals surface area (Å²) in [6.07, 6.45) is 0.730. The molecule has 0 aliphatic carbocycles. The van der Waals surface area contributed by atoms with Crippen molar-refractivity contribution in [2.75, 3.05) is 31.3 Å². The largest absolute Gasteiger partial charge is 0.444 e. The Balaban J connectivity index is 1.50. The maximum atomic E-state index is 14.4. The van der Waals surface area contributed by atoms with E-state index < -0.39 is 30.4 Å². The molecule has 6 nitrogen and oxygen atoms in total. The molecule has 0 saturated carbocycles. The van der Waals surface area contributed by atoms with Crippen molar-refractivity contribution in [3.8, 4) is 0 Å². The Morgan fingerprint density at radius 3 is 2.43 bits per heavy atom. The summed E-state index contributed by atoms with van der Waals surface area (Å²) < 4.78 is 38.6. The monoisotopic (exact) mass is 416 g/mol. The number of amides is 1. The third-order valence-corrected chi connectivity index (χ3v) is 5.60. The van der Waals surface area contributed by atoms with Gasteiger partial charge in [0.1, 0.15) is 17.7 Å². The quantitative estimate of drug-likeness (QED) is 0.548. The number of carbonyl (C=O) groups excluding carboxylic acids is 2. The molecule has 158 valence electrons. The van der Waals surface area contributed by atoms with Crippen LogP contribution in [0.5, 0.6) is 0 Å². The summed E-state index contributed by atoms with van der Waals surface area (Å²) in [5.41, 5.74) is 0.0753. The first-order valence-electron chi connectivity index (χ1n) is 9.89. The molecule has 0 unspecified atom stereocenters. The highest BCUT2D eigenvalue weighted by atomic mass is 19.1. The number of halogens is 2. The Labute approximate surface area is 173 Å². The predicted molar refractivity (Wildman–Crippen MR) is 105 cm³/mol. The van der Waals surface area contributed by atoms with Crippen LogP contribution in [0, 0.1) is 17.6 Å². The second kappa shape index (κ2) is 8.79. The molecule has 3 aliphatic heterocycles. The number of ether oxygens (including phenoxy) is 2. The highest BCUT2D eigenvalue weighted by Crippen LogP contribution is 2.31. The third-order valence-electron chi connectivity index (χ3n) is 5.60. The van der Waals surface area contributed by atoms with Gasteiger partial charge in [-0.3, -0.25) is 4.90 Å². The minimum atomic E-state index is -0.948. The van der Waals surface area contributed by atoms with Gasteiger partial charge in [0.2, 0.25) is 0 Å². The zero-order chi connectivity index (χ0) is 21.1. The van der Waals surface area contributed by atoms with Crippen molar-refractivity contribution in [2.24, 2.45) is 5.92 Å². The van der Waals surface area contributed by atoms with Gasteiger partial charge in [-0.05, 0) is 56.1 Å². The molecular weight excluding hydrogens is 394 g/mol. The van der Waals surface area contributed by atoms with E-state index in [1.54, 1.807) is 30.3 Å². The molecule has 5 rings (SSSR count). The molecule has 2 aromatic carbocycles. The molecule has 0 N–H and O–H groups in total. The summed E-state index contributed by atoms with van der Waals surface area (Å²) in [6, 6.07) is 11.1. The van der Waals surface area contributed by atoms with Crippen molar-refractivity contribution in [3.63, 3.8) is 0 Å². The lowest BCUT2D eigenvalue weighted by Crippen LogP contribution is -2.53. The number of fused-ring (bicyclic) bond motifs is 3. The van der Waals surface area contributed by atoms with Gasteiger partial charge in [0, 0.05) is 12.6 Å². The minimum absolute atomic E-state index is 0.219. The van der Waals surface area contributed by atoms with Crippen molar-refractivity contribution < 1.29 is 27.8 Å². The van der Waals surface area contributed by atoms with E-state index in [0.717, 1.165) is 43.0 Å². The molecule has 2 bridgehead atoms. The fourth-order valence-corrected chi connectivity index (χ4v) is 3.94. The van der Waals surface area contributed by atoms with E-state index in [9.17, 15) is 18.4 Å². The molecule has 30 heavy (non-hydrogen) atoms. The molecule has 2 aromatic rings. The van der Waals surface area contributed by atoms with E-state index in [1.165, 1.54) is 0 Å². The number of piperidine rings is 3. The fourth-order valence-electron chi connectivity index (χ4n) is 3.94. The van der Waals surface area contributed by atoms with Gasteiger partial charge in [0.05, 0.1) is 11.3 Å². The minimum Gasteiger partial charge on any atom is -0.444 e. The molecule has 1 amide bonds. The van der Waals surface area contributed by atoms with Crippen LogP contribution < -0.4 is 4.90 Å². The molecular formula is C22H22F2N2O4. The molecule has 0 radical (unpaired) electrons. The summed E-state index contributed by atoms with van der Waals surface area (Å²) >= 11 is 0. The number of esters is 1. The van der Waals surface area contributed by atoms with Crippen LogP contribution in [0.25, 0.3) is 0 Å². The lowest BCUT2D eigenvalue weighted by Gasteiger charge is -2.44. The van der Waals surface area contributed by atoms with Crippen LogP contribution in [0.15, 0.2) is 48.5 Å². The molecule has 8 heteroatoms. The Bertz CT molecular complexity index is 917. The van der Waals surface area contributed by atoms with Crippen LogP contribution in [0.1, 0.15) is 23.2 Å². The SMILES string of the molecule is O=C(OCN(C(=O)O[C@H]1CN2CCC1CC2)c1ccc(F)cc1F)c1ccccc1. The van der Waals surface area contributed by atoms with Crippen LogP contribution in [-0.4, -0.2) is 49.4 Å². The standard InChI is InChI=1S/C22H22F2N2O4/c23-17-6-7-19(18(24)12-17)26(14-29-21(27)16-4-2-1-3-5-16)22(28)30-20-13-25-10-8-15(20)9-11-25/h1-7,12,15,20H,8-11,13-14H2/t20-/m0/s1. The van der Waals surface area contributed by atoms with Crippen molar-refractivity contribution in [1.82, 2.24) is 4.90 Å². The van der Waals surface area contributed by atoms with Gasteiger partial charge < -0.3 is 9.47 Å². The maximum absolute atomic E-state index is 14.4. The van der Waals surface area contributed by atoms with E-state index in [4.69, 9.17) is 9.47 Å². The van der Waals surface area contributed by atoms with E-state index >= 15 is 0 Å². The average molecular weight is 416 g/mol. The Kier molecular flexibility index (Phi) is 5.94. The molecule has 1 atom stereocenters. The predicted octanol–water partition coefficient (Wildman–Crippen LogP) is 3.82. The second-order valence-electron chi connectivity index (χ2n) is 7.51. The van der Waals surface area contributed by atoms with Gasteiger partial charge in [0.25, 0.3) is 0 Å². The Morgan fingerprint density at radius 2 is 1.80 bits per heavy atom. The lowest BCUT2D eigenvalue weighted by molar-refractivity contribution is -0.0323. The second-order valence-corrected chi connectivity index (χ2v) is 7.51. The molecule has 3 heterocycles. The van der Waals surface area contributed by atoms with Gasteiger partial charge in [-0.2, -0.15) is 0 Å². The summed E-state index contributed by atoms with van der Waals surface area (Å²) in [5, 5.41) is 0. The van der Waals surface area contributed by atoms with Gasteiger partial charge in [-0.1, -0.05) is 18.2 Å². The van der Waals surface area contributed by atoms with Crippen molar-refractivity contribution in [1.29, 1.82) is 0 Å². The van der Waals surface area contributed by atoms with Gasteiger partial charge in [-0.15, -0.1) is 0 Å². The molecule has 3 saturated heterocycles. The van der Waals surface area contributed by atoms with Crippen LogP contribution in [-0.2, 0) is 9.47 Å². The van der Waals surface area contributed by atoms with E-state index in [1.807, 2.05) is 0 Å². The summed E-state index contributed by atoms with van der Waals surface area (Å²) in [7, 11) is 0. The lowest BCUT2D eigenvalue weighted by atomic mass is 9.86. The van der Waals surface area contributed by atoms with E-state index in [2.05, 4.69) is 4.90 Å². The Hall–Kier alpha value is -3.00. The zero-order valence-electron chi connectivity index (χ0n) is 16.3. The molecule has 0 aromatic heterocycles. The summed E-state index contributed by atoms with van der Waals surface area (Å²) in [5.74, 6) is -2.13. The van der Waals surface area contributed by atoms with Crippen molar-refractivity contribution in [3.05, 3.63) is 65.7 Å². The van der Waals surface area contributed by atoms with Crippen molar-refractivity contribution >= 4 is 17.7 Å². The number of hydrogen-bond donors (Lipinski definition) is 0. The first-order valence-corrected chi connectivity index (χ1v) is 9.89. The average Bonchev–Trinajstić information content (AvgIpc) is 2.76. The Morgan fingerprint density at radius 1 is 1.07 bits per heavy atom. The highest BCUT2D eigenvalue weighted by Gasteiger charge is 2.38. The number of anilines is 1. The van der Waals surface area contributed by atoms with E-state index in [0.29, 0.717) is 18.2 Å². The summed E-state index contributed by atoms with van der Waals surface area (Å²) in [6.45, 7) is 2.02. The number of hydrogen-bond acceptors (Lipinski definition) is 5. The normalized spacial score (nSPS) is 22.4. The van der Waals surface area contributed by atoms with Gasteiger partial charge in [0.15, 0.2) is 6.73 Å². The highest BCUT2D eigenvalue weighted by molar-refractivity contribution is 5.91. The topological polar surface area (TPSA) is 59.1 Å². The number of carbonyl (C=O) groups is 2. The maximum Gasteiger partial charge on any atom is 0.417 e. The van der Waals surface area contributed by atoms with Gasteiger partial charge >= 0.3 is 12.1 Å². The number of benzene rings is 2. The van der Waals surface area contributed by atoms with Crippen molar-refractivity contribution in [2.45, 2.75) is 18.9 Å². The van der Waals surface area contributed by atoms with Crippen LogP contribution >= 0.6 is 0 Å². The van der Waals surface area contributed by atoms with E-state index in [-0.39, 0.29) is 17.7 Å². The smallest absolute Gasteiger partial charge is 0.417 e. The molecule has 3 fully saturated rings. The van der Waals surface area contributed by atoms with Crippen LogP contribution in [0.2, 0.25) is 0 Å². The molecule has 0 spiro atoms. The first-order chi connectivity index (χ1) is 14.5. The number of nitrogens with zero attached hydrogens (tertiary/aromatic N) is 2. The van der Waals surface area contributed by atoms with Crippen LogP contribution in [0.4, 0.5) is 19.3 Å². The number of rotatable bonds is 5. The third kappa shape index (κ3) is 4.43. The fraction of sp³-hybridized carbons (Fsp3) is 0.364. The van der Waals surface area contributed by atoms with Gasteiger partial charge in [-0.25, -0.2) is 23.3 Å². The first kappa shape index (κ1) is 20.3. The zero-order valence-corrected chi connectivity index (χ0v) is 16.3. The summed E-state index contributed by atoms with van der Waals surface area (Å²) in [4.78, 5) is 28.3. The molecule has 3 aliphatic rings. The van der Waals surface area contributed by atoms with Crippen LogP contribution in [0.3, 0.4) is 0 Å².